The molecule has 0 saturated carbocycles. The van der Waals surface area contributed by atoms with Crippen LogP contribution in [0.15, 0.2) is 114 Å². The van der Waals surface area contributed by atoms with E-state index >= 15 is 0 Å². The second-order valence-electron chi connectivity index (χ2n) is 10.5. The van der Waals surface area contributed by atoms with Gasteiger partial charge in [-0.25, -0.2) is 0 Å². The van der Waals surface area contributed by atoms with Crippen molar-refractivity contribution in [1.82, 2.24) is 19.5 Å². The SMILES string of the molecule is Cc1nc(C)c2nc(-c3[c-]cc(F)c4c3oc3ccccc34)n(-c3ccccc3)c2c1C.[Ir].[c-]1ccccc1-c1ccccn1. The van der Waals surface area contributed by atoms with Crippen molar-refractivity contribution in [3.8, 4) is 28.3 Å². The Morgan fingerprint density at radius 1 is 0.778 bits per heavy atom. The number of fused-ring (bicyclic) bond motifs is 4. The van der Waals surface area contributed by atoms with Crippen LogP contribution in [0.25, 0.3) is 61.3 Å². The minimum atomic E-state index is -0.360. The molecule has 45 heavy (non-hydrogen) atoms. The number of imidazole rings is 1. The number of aryl methyl sites for hydroxylation is 3. The average molecular weight is 767 g/mol. The predicted molar refractivity (Wildman–Crippen MR) is 173 cm³/mol. The molecule has 0 spiro atoms. The van der Waals surface area contributed by atoms with Gasteiger partial charge in [0.15, 0.2) is 0 Å². The molecule has 0 aliphatic heterocycles. The van der Waals surface area contributed by atoms with E-state index in [-0.39, 0.29) is 25.9 Å². The smallest absolute Gasteiger partial charge is 0.121 e. The van der Waals surface area contributed by atoms with Gasteiger partial charge in [0.25, 0.3) is 0 Å². The molecule has 8 rings (SSSR count). The molecule has 0 aliphatic rings. The molecule has 223 valence electrons. The maximum absolute atomic E-state index is 14.9. The number of halogens is 1. The summed E-state index contributed by atoms with van der Waals surface area (Å²) in [6, 6.07) is 38.8. The number of aromatic nitrogens is 4. The summed E-state index contributed by atoms with van der Waals surface area (Å²) >= 11 is 0. The van der Waals surface area contributed by atoms with Gasteiger partial charge in [-0.3, -0.25) is 14.4 Å². The van der Waals surface area contributed by atoms with Gasteiger partial charge in [0.1, 0.15) is 5.58 Å². The number of pyridine rings is 2. The molecule has 8 aromatic rings. The van der Waals surface area contributed by atoms with Gasteiger partial charge in [0.05, 0.1) is 28.1 Å². The molecule has 0 atom stereocenters. The molecule has 0 unspecified atom stereocenters. The molecule has 0 fully saturated rings. The van der Waals surface area contributed by atoms with Crippen molar-refractivity contribution in [1.29, 1.82) is 0 Å². The van der Waals surface area contributed by atoms with Gasteiger partial charge in [-0.1, -0.05) is 54.1 Å². The molecule has 5 nitrogen and oxygen atoms in total. The van der Waals surface area contributed by atoms with Crippen molar-refractivity contribution < 1.29 is 28.9 Å². The largest absolute Gasteiger partial charge is 0.500 e. The van der Waals surface area contributed by atoms with E-state index in [1.165, 1.54) is 6.07 Å². The Morgan fingerprint density at radius 3 is 2.29 bits per heavy atom. The monoisotopic (exact) mass is 767 g/mol. The molecular formula is C38H27FIrN4O-2. The Morgan fingerprint density at radius 2 is 1.53 bits per heavy atom. The molecule has 0 amide bonds. The average Bonchev–Trinajstić information content (AvgIpc) is 3.66. The molecule has 0 saturated heterocycles. The summed E-state index contributed by atoms with van der Waals surface area (Å²) in [7, 11) is 0. The van der Waals surface area contributed by atoms with Gasteiger partial charge in [-0.2, -0.15) is 0 Å². The van der Waals surface area contributed by atoms with Crippen LogP contribution in [0, 0.1) is 38.7 Å². The predicted octanol–water partition coefficient (Wildman–Crippen LogP) is 9.40. The van der Waals surface area contributed by atoms with E-state index in [2.05, 4.69) is 33.6 Å². The van der Waals surface area contributed by atoms with E-state index in [1.807, 2.05) is 111 Å². The van der Waals surface area contributed by atoms with E-state index in [1.54, 1.807) is 6.20 Å². The minimum absolute atomic E-state index is 0. The molecule has 0 aliphatic carbocycles. The Labute approximate surface area is 273 Å². The van der Waals surface area contributed by atoms with Crippen LogP contribution in [0.4, 0.5) is 4.39 Å². The number of furan rings is 1. The number of nitrogens with zero attached hydrogens (tertiary/aromatic N) is 4. The summed E-state index contributed by atoms with van der Waals surface area (Å²) in [5.41, 5.74) is 9.32. The normalized spacial score (nSPS) is 10.9. The molecule has 1 radical (unpaired) electrons. The van der Waals surface area contributed by atoms with Gasteiger partial charge in [-0.15, -0.1) is 48.0 Å². The Kier molecular flexibility index (Phi) is 8.40. The quantitative estimate of drug-likeness (QED) is 0.168. The van der Waals surface area contributed by atoms with Crippen LogP contribution in [0.1, 0.15) is 17.0 Å². The maximum atomic E-state index is 14.9. The van der Waals surface area contributed by atoms with Crippen LogP contribution in [0.3, 0.4) is 0 Å². The maximum Gasteiger partial charge on any atom is 0.121 e. The van der Waals surface area contributed by atoms with Crippen molar-refractivity contribution in [2.75, 3.05) is 0 Å². The second-order valence-corrected chi connectivity index (χ2v) is 10.5. The first-order chi connectivity index (χ1) is 21.5. The van der Waals surface area contributed by atoms with Crippen molar-refractivity contribution in [3.05, 3.63) is 144 Å². The van der Waals surface area contributed by atoms with Gasteiger partial charge in [-0.05, 0) is 61.7 Å². The number of rotatable bonds is 3. The summed E-state index contributed by atoms with van der Waals surface area (Å²) < 4.78 is 23.2. The molecule has 7 heteroatoms. The molecule has 0 N–H and O–H groups in total. The van der Waals surface area contributed by atoms with Crippen LogP contribution in [-0.4, -0.2) is 19.5 Å². The van der Waals surface area contributed by atoms with Crippen LogP contribution in [0.2, 0.25) is 0 Å². The van der Waals surface area contributed by atoms with E-state index in [0.717, 1.165) is 50.3 Å². The molecule has 4 aromatic heterocycles. The molecule has 4 aromatic carbocycles. The zero-order valence-corrected chi connectivity index (χ0v) is 27.2. The number of hydrogen-bond donors (Lipinski definition) is 0. The molecule has 4 heterocycles. The topological polar surface area (TPSA) is 56.7 Å². The first-order valence-corrected chi connectivity index (χ1v) is 14.3. The Balaban J connectivity index is 0.000000231. The Hall–Kier alpha value is -4.97. The van der Waals surface area contributed by atoms with Gasteiger partial charge >= 0.3 is 0 Å². The van der Waals surface area contributed by atoms with Crippen molar-refractivity contribution in [2.45, 2.75) is 20.8 Å². The van der Waals surface area contributed by atoms with Gasteiger partial charge in [0.2, 0.25) is 0 Å². The fraction of sp³-hybridized carbons (Fsp3) is 0.0789. The zero-order chi connectivity index (χ0) is 30.2. The summed E-state index contributed by atoms with van der Waals surface area (Å²) in [6.45, 7) is 6.03. The zero-order valence-electron chi connectivity index (χ0n) is 24.8. The van der Waals surface area contributed by atoms with E-state index in [0.29, 0.717) is 27.9 Å². The fourth-order valence-electron chi connectivity index (χ4n) is 5.55. The molecule has 0 bridgehead atoms. The minimum Gasteiger partial charge on any atom is -0.500 e. The van der Waals surface area contributed by atoms with Crippen molar-refractivity contribution in [2.24, 2.45) is 0 Å². The summed E-state index contributed by atoms with van der Waals surface area (Å²) in [6.07, 6.45) is 1.79. The number of para-hydroxylation sites is 2. The van der Waals surface area contributed by atoms with Gasteiger partial charge in [0, 0.05) is 48.9 Å². The van der Waals surface area contributed by atoms with Crippen molar-refractivity contribution >= 4 is 33.0 Å². The standard InChI is InChI=1S/C27H19FN3O.C11H8N.Ir/c1-15-16(2)29-17(3)24-25(15)31(18-9-5-4-6-10-18)27(30-24)20-13-14-21(28)23-19-11-7-8-12-22(19)32-26(20)23;1-2-6-10(7-3-1)11-8-4-5-9-12-11;/h4-12,14H,1-3H3;1-6,8-9H;/q2*-1;. The summed E-state index contributed by atoms with van der Waals surface area (Å²) in [4.78, 5) is 13.9. The van der Waals surface area contributed by atoms with Gasteiger partial charge < -0.3 is 14.0 Å². The van der Waals surface area contributed by atoms with Crippen molar-refractivity contribution in [3.63, 3.8) is 0 Å². The third kappa shape index (κ3) is 5.46. The van der Waals surface area contributed by atoms with E-state index < -0.39 is 0 Å². The third-order valence-electron chi connectivity index (χ3n) is 7.75. The van der Waals surface area contributed by atoms with Crippen LogP contribution in [0.5, 0.6) is 0 Å². The summed E-state index contributed by atoms with van der Waals surface area (Å²) in [5, 5.41) is 1.19. The first kappa shape index (κ1) is 30.1. The van der Waals surface area contributed by atoms with Crippen LogP contribution >= 0.6 is 0 Å². The van der Waals surface area contributed by atoms with E-state index in [4.69, 9.17) is 9.40 Å². The Bertz CT molecular complexity index is 2230. The number of benzene rings is 4. The van der Waals surface area contributed by atoms with Crippen LogP contribution < -0.4 is 0 Å². The summed E-state index contributed by atoms with van der Waals surface area (Å²) in [5.74, 6) is 0.287. The third-order valence-corrected chi connectivity index (χ3v) is 7.75. The fourth-order valence-corrected chi connectivity index (χ4v) is 5.55. The number of hydrogen-bond acceptors (Lipinski definition) is 4. The van der Waals surface area contributed by atoms with Crippen LogP contribution in [-0.2, 0) is 20.1 Å². The first-order valence-electron chi connectivity index (χ1n) is 14.3. The van der Waals surface area contributed by atoms with E-state index in [9.17, 15) is 4.39 Å². The second kappa shape index (κ2) is 12.6. The molecular weight excluding hydrogens is 740 g/mol.